The van der Waals surface area contributed by atoms with E-state index in [1.54, 1.807) is 0 Å². The number of hydrogen-bond acceptors (Lipinski definition) is 9. The molecule has 0 rings (SSSR count). The summed E-state index contributed by atoms with van der Waals surface area (Å²) < 4.78 is 76.8. The smallest absolute Gasteiger partial charge is 0.772 e. The van der Waals surface area contributed by atoms with E-state index in [-0.39, 0.29) is 106 Å². The van der Waals surface area contributed by atoms with Crippen molar-refractivity contribution in [1.29, 1.82) is 0 Å². The van der Waals surface area contributed by atoms with Crippen molar-refractivity contribution in [2.24, 2.45) is 0 Å². The van der Waals surface area contributed by atoms with Crippen LogP contribution in [0, 0.1) is 0 Å². The van der Waals surface area contributed by atoms with Crippen LogP contribution >= 0.6 is 10.8 Å². The Morgan fingerprint density at radius 1 is 0.800 bits per heavy atom. The first-order valence-electron chi connectivity index (χ1n) is 6.73. The summed E-state index contributed by atoms with van der Waals surface area (Å²) in [7, 11) is -5.27. The van der Waals surface area contributed by atoms with Crippen molar-refractivity contribution in [2.75, 3.05) is 34.5 Å². The van der Waals surface area contributed by atoms with Gasteiger partial charge in [0, 0.05) is 37.3 Å². The molecule has 15 heteroatoms. The number of hydrogen-bond donors (Lipinski definition) is 0. The minimum Gasteiger partial charge on any atom is -0.772 e. The third kappa shape index (κ3) is 23.0. The van der Waals surface area contributed by atoms with E-state index in [4.69, 9.17) is 11.2 Å². The normalized spacial score (nSPS) is 16.1. The summed E-state index contributed by atoms with van der Waals surface area (Å²) in [5, 5.41) is 0. The SMILES string of the molecule is O=S([O-])CCCCS(=O)(=O)SCCS(=O)(=S)CCCCS(=O)[O-].[Na+].[Na+]. The van der Waals surface area contributed by atoms with Crippen molar-refractivity contribution in [3.05, 3.63) is 0 Å². The van der Waals surface area contributed by atoms with Crippen LogP contribution in [0.5, 0.6) is 0 Å². The second-order valence-electron chi connectivity index (χ2n) is 4.67. The Hall–Kier alpha value is 2.89. The predicted molar refractivity (Wildman–Crippen MR) is 97.5 cm³/mol. The van der Waals surface area contributed by atoms with Crippen LogP contribution in [-0.2, 0) is 50.7 Å². The van der Waals surface area contributed by atoms with Crippen molar-refractivity contribution >= 4 is 61.5 Å². The van der Waals surface area contributed by atoms with Gasteiger partial charge in [0.05, 0.1) is 5.75 Å². The quantitative estimate of drug-likeness (QED) is 0.101. The molecule has 0 heterocycles. The van der Waals surface area contributed by atoms with E-state index in [0.29, 0.717) is 23.6 Å². The van der Waals surface area contributed by atoms with Gasteiger partial charge in [-0.3, -0.25) is 12.6 Å². The Balaban J connectivity index is -0.00000242. The molecule has 7 nitrogen and oxygen atoms in total. The third-order valence-electron chi connectivity index (χ3n) is 2.63. The maximum Gasteiger partial charge on any atom is 1.00 e. The molecule has 0 saturated carbocycles. The molecule has 0 fully saturated rings. The molecule has 0 bridgehead atoms. The van der Waals surface area contributed by atoms with Gasteiger partial charge in [-0.25, -0.2) is 8.42 Å². The van der Waals surface area contributed by atoms with Crippen LogP contribution in [0.4, 0.5) is 0 Å². The molecular weight excluding hydrogens is 470 g/mol. The molecule has 25 heavy (non-hydrogen) atoms. The fourth-order valence-electron chi connectivity index (χ4n) is 1.49. The fraction of sp³-hybridized carbons (Fsp3) is 1.00. The fourth-order valence-corrected chi connectivity index (χ4v) is 8.48. The van der Waals surface area contributed by atoms with E-state index in [0.717, 1.165) is 0 Å². The van der Waals surface area contributed by atoms with Crippen LogP contribution < -0.4 is 59.1 Å². The van der Waals surface area contributed by atoms with Gasteiger partial charge in [-0.1, -0.05) is 22.2 Å². The van der Waals surface area contributed by atoms with Crippen molar-refractivity contribution in [3.8, 4) is 0 Å². The van der Waals surface area contributed by atoms with Crippen molar-refractivity contribution in [3.63, 3.8) is 0 Å². The monoisotopic (exact) mass is 490 g/mol. The Kier molecular flexibility index (Phi) is 23.1. The van der Waals surface area contributed by atoms with Gasteiger partial charge < -0.3 is 9.11 Å². The first kappa shape index (κ1) is 32.6. The summed E-state index contributed by atoms with van der Waals surface area (Å²) in [6, 6.07) is 0. The Morgan fingerprint density at radius 2 is 1.24 bits per heavy atom. The van der Waals surface area contributed by atoms with Gasteiger partial charge in [0.25, 0.3) is 0 Å². The molecular formula is C10H20Na2O7S6. The summed E-state index contributed by atoms with van der Waals surface area (Å²) in [6.45, 7) is 0. The zero-order chi connectivity index (χ0) is 17.9. The van der Waals surface area contributed by atoms with Crippen LogP contribution in [0.15, 0.2) is 0 Å². The molecule has 0 aliphatic heterocycles. The van der Waals surface area contributed by atoms with E-state index in [1.807, 2.05) is 0 Å². The molecule has 0 aromatic heterocycles. The molecule has 0 amide bonds. The second-order valence-corrected chi connectivity index (χ2v) is 15.2. The number of rotatable bonds is 14. The zero-order valence-electron chi connectivity index (χ0n) is 14.4. The van der Waals surface area contributed by atoms with Crippen LogP contribution in [0.3, 0.4) is 0 Å². The largest absolute Gasteiger partial charge is 1.00 e. The van der Waals surface area contributed by atoms with Gasteiger partial charge in [-0.15, -0.1) is 0 Å². The molecule has 0 N–H and O–H groups in total. The Labute approximate surface area is 208 Å². The zero-order valence-corrected chi connectivity index (χ0v) is 23.3. The van der Waals surface area contributed by atoms with Crippen LogP contribution in [0.25, 0.3) is 0 Å². The molecule has 0 radical (unpaired) electrons. The van der Waals surface area contributed by atoms with E-state index >= 15 is 0 Å². The molecule has 140 valence electrons. The van der Waals surface area contributed by atoms with E-state index < -0.39 is 39.5 Å². The summed E-state index contributed by atoms with van der Waals surface area (Å²) in [6.07, 6.45) is 1.37. The maximum absolute atomic E-state index is 12.0. The van der Waals surface area contributed by atoms with Gasteiger partial charge in [0.1, 0.15) is 0 Å². The first-order valence-corrected chi connectivity index (χ1v) is 15.2. The van der Waals surface area contributed by atoms with Gasteiger partial charge in [-0.2, -0.15) is 0 Å². The maximum atomic E-state index is 12.0. The molecule has 0 spiro atoms. The third-order valence-corrected chi connectivity index (χ3v) is 10.5. The minimum absolute atomic E-state index is 0. The summed E-state index contributed by atoms with van der Waals surface area (Å²) in [4.78, 5) is 0. The molecule has 0 aliphatic rings. The summed E-state index contributed by atoms with van der Waals surface area (Å²) in [5.41, 5.74) is 0. The van der Waals surface area contributed by atoms with E-state index in [2.05, 4.69) is 0 Å². The van der Waals surface area contributed by atoms with Gasteiger partial charge >= 0.3 is 59.1 Å². The Morgan fingerprint density at radius 3 is 1.68 bits per heavy atom. The van der Waals surface area contributed by atoms with Crippen LogP contribution in [0.2, 0.25) is 0 Å². The average molecular weight is 491 g/mol. The van der Waals surface area contributed by atoms with Crippen molar-refractivity contribution in [1.82, 2.24) is 0 Å². The Bertz CT molecular complexity index is 541. The van der Waals surface area contributed by atoms with Crippen molar-refractivity contribution < 1.29 is 89.3 Å². The van der Waals surface area contributed by atoms with Gasteiger partial charge in [0.15, 0.2) is 0 Å². The van der Waals surface area contributed by atoms with Crippen LogP contribution in [-0.4, -0.2) is 64.7 Å². The van der Waals surface area contributed by atoms with E-state index in [9.17, 15) is 30.1 Å². The predicted octanol–water partition coefficient (Wildman–Crippen LogP) is -5.88. The van der Waals surface area contributed by atoms with Gasteiger partial charge in [0.2, 0.25) is 8.87 Å². The molecule has 0 aliphatic carbocycles. The summed E-state index contributed by atoms with van der Waals surface area (Å²) >= 11 is 0.665. The second kappa shape index (κ2) is 17.7. The molecule has 0 aromatic rings. The van der Waals surface area contributed by atoms with E-state index in [1.165, 1.54) is 0 Å². The first-order chi connectivity index (χ1) is 10.5. The standard InChI is InChI=1S/C10H22O7S6.2Na/c11-20(12)6-1-3-8-22(15,18)10-5-19-23(16,17)9-4-2-7-21(13)14;;/h1-10H2,(H,11,12)(H,13,14);;/q;2*+1/p-2. The van der Waals surface area contributed by atoms with Gasteiger partial charge in [-0.05, 0) is 47.7 Å². The van der Waals surface area contributed by atoms with Crippen LogP contribution in [0.1, 0.15) is 25.7 Å². The molecule has 0 aromatic carbocycles. The molecule has 3 unspecified atom stereocenters. The molecule has 3 atom stereocenters. The average Bonchev–Trinajstić information content (AvgIpc) is 2.39. The minimum atomic E-state index is -3.38. The number of unbranched alkanes of at least 4 members (excludes halogenated alkanes) is 2. The molecule has 0 saturated heterocycles. The van der Waals surface area contributed by atoms with Crippen molar-refractivity contribution in [2.45, 2.75) is 25.7 Å². The topological polar surface area (TPSA) is 131 Å². The summed E-state index contributed by atoms with van der Waals surface area (Å²) in [5.74, 6) is 0.220.